The van der Waals surface area contributed by atoms with E-state index in [4.69, 9.17) is 0 Å². The second-order valence-corrected chi connectivity index (χ2v) is 7.24. The van der Waals surface area contributed by atoms with E-state index in [1.165, 1.54) is 6.07 Å². The van der Waals surface area contributed by atoms with Gasteiger partial charge >= 0.3 is 0 Å². The van der Waals surface area contributed by atoms with E-state index in [9.17, 15) is 9.18 Å². The van der Waals surface area contributed by atoms with Crippen LogP contribution < -0.4 is 10.6 Å². The van der Waals surface area contributed by atoms with Crippen molar-refractivity contribution in [1.82, 2.24) is 20.4 Å². The van der Waals surface area contributed by atoms with E-state index in [0.717, 1.165) is 31.7 Å². The predicted octanol–water partition coefficient (Wildman–Crippen LogP) is 2.57. The molecule has 1 aromatic carbocycles. The number of halogens is 2. The smallest absolute Gasteiger partial charge is 0.248 e. The Morgan fingerprint density at radius 1 is 1.31 bits per heavy atom. The molecule has 5 nitrogen and oxygen atoms in total. The molecule has 0 unspecified atom stereocenters. The van der Waals surface area contributed by atoms with E-state index in [1.54, 1.807) is 34.8 Å². The summed E-state index contributed by atoms with van der Waals surface area (Å²) in [4.78, 5) is 12.8. The van der Waals surface area contributed by atoms with Crippen molar-refractivity contribution in [1.29, 1.82) is 0 Å². The first kappa shape index (κ1) is 20.7. The van der Waals surface area contributed by atoms with Crippen molar-refractivity contribution in [3.8, 4) is 0 Å². The van der Waals surface area contributed by atoms with Gasteiger partial charge in [0.15, 0.2) is 0 Å². The number of carbonyl (C=O) groups is 1. The molecule has 0 saturated carbocycles. The lowest BCUT2D eigenvalue weighted by atomic mass is 9.87. The van der Waals surface area contributed by atoms with Gasteiger partial charge in [-0.15, -0.1) is 12.4 Å². The van der Waals surface area contributed by atoms with Gasteiger partial charge in [-0.3, -0.25) is 9.48 Å². The molecule has 3 rings (SSSR count). The molecule has 2 heterocycles. The van der Waals surface area contributed by atoms with Gasteiger partial charge in [0.25, 0.3) is 0 Å². The van der Waals surface area contributed by atoms with Gasteiger partial charge in [0.05, 0.1) is 0 Å². The third-order valence-corrected chi connectivity index (χ3v) is 5.55. The summed E-state index contributed by atoms with van der Waals surface area (Å²) in [5.74, 6) is 1.19. The summed E-state index contributed by atoms with van der Waals surface area (Å²) in [7, 11) is 0. The van der Waals surface area contributed by atoms with Crippen molar-refractivity contribution in [2.45, 2.75) is 24.1 Å². The van der Waals surface area contributed by atoms with Crippen LogP contribution in [0.3, 0.4) is 0 Å². The molecular formula is C18H24ClFN4OS. The highest BCUT2D eigenvalue weighted by atomic mass is 35.5. The van der Waals surface area contributed by atoms with E-state index in [2.05, 4.69) is 15.7 Å². The molecule has 2 aromatic rings. The van der Waals surface area contributed by atoms with Crippen LogP contribution in [0.4, 0.5) is 4.39 Å². The maximum absolute atomic E-state index is 13.6. The molecule has 0 spiro atoms. The Hall–Kier alpha value is -1.57. The largest absolute Gasteiger partial charge is 0.353 e. The molecule has 1 saturated heterocycles. The Bertz CT molecular complexity index is 692. The first-order chi connectivity index (χ1) is 12.2. The number of nitrogens with one attached hydrogen (secondary N) is 2. The highest BCUT2D eigenvalue weighted by molar-refractivity contribution is 7.98. The third-order valence-electron chi connectivity index (χ3n) is 4.54. The highest BCUT2D eigenvalue weighted by Gasteiger charge is 2.41. The fourth-order valence-electron chi connectivity index (χ4n) is 3.12. The van der Waals surface area contributed by atoms with E-state index < -0.39 is 5.54 Å². The van der Waals surface area contributed by atoms with E-state index in [1.807, 2.05) is 18.3 Å². The molecule has 1 aliphatic rings. The third kappa shape index (κ3) is 4.78. The first-order valence-corrected chi connectivity index (χ1v) is 9.68. The lowest BCUT2D eigenvalue weighted by Gasteiger charge is -2.36. The van der Waals surface area contributed by atoms with E-state index in [-0.39, 0.29) is 24.1 Å². The number of benzene rings is 1. The summed E-state index contributed by atoms with van der Waals surface area (Å²) in [6.45, 7) is 2.17. The molecule has 26 heavy (non-hydrogen) atoms. The average molecular weight is 399 g/mol. The summed E-state index contributed by atoms with van der Waals surface area (Å²) < 4.78 is 15.4. The van der Waals surface area contributed by atoms with Crippen LogP contribution in [0.25, 0.3) is 0 Å². The molecule has 142 valence electrons. The van der Waals surface area contributed by atoms with Crippen LogP contribution in [-0.2, 0) is 16.1 Å². The summed E-state index contributed by atoms with van der Waals surface area (Å²) >= 11 is 1.62. The van der Waals surface area contributed by atoms with Gasteiger partial charge in [0.1, 0.15) is 11.4 Å². The minimum atomic E-state index is -0.606. The monoisotopic (exact) mass is 398 g/mol. The highest BCUT2D eigenvalue weighted by Crippen LogP contribution is 2.27. The Kier molecular flexibility index (Phi) is 7.93. The fraction of sp³-hybridized carbons (Fsp3) is 0.444. The van der Waals surface area contributed by atoms with Crippen LogP contribution in [0.15, 0.2) is 42.7 Å². The van der Waals surface area contributed by atoms with Crippen molar-refractivity contribution in [3.05, 3.63) is 54.1 Å². The lowest BCUT2D eigenvalue weighted by molar-refractivity contribution is -0.131. The zero-order valence-electron chi connectivity index (χ0n) is 14.5. The molecule has 1 fully saturated rings. The number of piperidine rings is 1. The number of carbonyl (C=O) groups excluding carboxylic acids is 1. The number of hydrogen-bond donors (Lipinski definition) is 2. The van der Waals surface area contributed by atoms with Crippen LogP contribution in [0.1, 0.15) is 18.4 Å². The van der Waals surface area contributed by atoms with Crippen molar-refractivity contribution in [3.63, 3.8) is 0 Å². The number of nitrogens with zero attached hydrogens (tertiary/aromatic N) is 2. The Morgan fingerprint density at radius 2 is 2.08 bits per heavy atom. The molecule has 2 N–H and O–H groups in total. The quantitative estimate of drug-likeness (QED) is 0.704. The molecule has 0 aliphatic carbocycles. The normalized spacial score (nSPS) is 15.9. The summed E-state index contributed by atoms with van der Waals surface area (Å²) in [6.07, 6.45) is 5.02. The van der Waals surface area contributed by atoms with Gasteiger partial charge in [-0.2, -0.15) is 16.9 Å². The number of thioether (sulfide) groups is 1. The Morgan fingerprint density at radius 3 is 2.77 bits per heavy atom. The number of amides is 1. The molecular weight excluding hydrogens is 375 g/mol. The fourth-order valence-corrected chi connectivity index (χ4v) is 3.97. The zero-order chi connectivity index (χ0) is 17.5. The maximum Gasteiger partial charge on any atom is 0.248 e. The Labute approximate surface area is 163 Å². The van der Waals surface area contributed by atoms with Crippen LogP contribution in [0, 0.1) is 5.82 Å². The minimum Gasteiger partial charge on any atom is -0.353 e. The second-order valence-electron chi connectivity index (χ2n) is 6.13. The molecule has 0 radical (unpaired) electrons. The van der Waals surface area contributed by atoms with Gasteiger partial charge in [0, 0.05) is 30.4 Å². The van der Waals surface area contributed by atoms with Crippen LogP contribution in [0.5, 0.6) is 0 Å². The van der Waals surface area contributed by atoms with Crippen molar-refractivity contribution in [2.75, 3.05) is 25.4 Å². The van der Waals surface area contributed by atoms with Crippen LogP contribution in [-0.4, -0.2) is 41.1 Å². The first-order valence-electron chi connectivity index (χ1n) is 8.53. The minimum absolute atomic E-state index is 0. The molecule has 8 heteroatoms. The number of rotatable bonds is 7. The molecule has 1 aliphatic heterocycles. The number of hydrogen-bond acceptors (Lipinski definition) is 4. The van der Waals surface area contributed by atoms with Gasteiger partial charge in [-0.1, -0.05) is 18.2 Å². The van der Waals surface area contributed by atoms with Crippen molar-refractivity contribution >= 4 is 30.1 Å². The SMILES string of the molecule is Cl.O=C(NCCSCc1ccccc1F)C1(n2cccn2)CCNCC1. The maximum atomic E-state index is 13.6. The van der Waals surface area contributed by atoms with Gasteiger partial charge in [-0.25, -0.2) is 4.39 Å². The van der Waals surface area contributed by atoms with E-state index >= 15 is 0 Å². The second kappa shape index (κ2) is 9.94. The topological polar surface area (TPSA) is 59.0 Å². The van der Waals surface area contributed by atoms with Crippen molar-refractivity contribution < 1.29 is 9.18 Å². The molecule has 1 aromatic heterocycles. The van der Waals surface area contributed by atoms with E-state index in [0.29, 0.717) is 17.9 Å². The summed E-state index contributed by atoms with van der Waals surface area (Å²) in [6, 6.07) is 8.65. The molecule has 0 atom stereocenters. The van der Waals surface area contributed by atoms with Crippen LogP contribution >= 0.6 is 24.2 Å². The zero-order valence-corrected chi connectivity index (χ0v) is 16.1. The molecule has 1 amide bonds. The van der Waals surface area contributed by atoms with Gasteiger partial charge < -0.3 is 10.6 Å². The standard InChI is InChI=1S/C18H23FN4OS.ClH/c19-16-5-2-1-4-15(16)14-25-13-11-21-17(24)18(6-9-20-10-7-18)23-12-3-8-22-23;/h1-5,8,12,20H,6-7,9-11,13-14H2,(H,21,24);1H. The lowest BCUT2D eigenvalue weighted by Crippen LogP contribution is -2.54. The summed E-state index contributed by atoms with van der Waals surface area (Å²) in [5, 5.41) is 10.6. The predicted molar refractivity (Wildman–Crippen MR) is 105 cm³/mol. The molecule has 0 bridgehead atoms. The van der Waals surface area contributed by atoms with Crippen LogP contribution in [0.2, 0.25) is 0 Å². The Balaban J connectivity index is 0.00000243. The summed E-state index contributed by atoms with van der Waals surface area (Å²) in [5.41, 5.74) is 0.0931. The average Bonchev–Trinajstić information content (AvgIpc) is 3.18. The van der Waals surface area contributed by atoms with Gasteiger partial charge in [0.2, 0.25) is 5.91 Å². The van der Waals surface area contributed by atoms with Gasteiger partial charge in [-0.05, 0) is 43.6 Å². The van der Waals surface area contributed by atoms with Crippen molar-refractivity contribution in [2.24, 2.45) is 0 Å². The number of aromatic nitrogens is 2.